The molecule has 0 bridgehead atoms. The summed E-state index contributed by atoms with van der Waals surface area (Å²) in [5.41, 5.74) is 0. The summed E-state index contributed by atoms with van der Waals surface area (Å²) in [5, 5.41) is 0. The summed E-state index contributed by atoms with van der Waals surface area (Å²) in [6, 6.07) is -0.421. The zero-order valence-electron chi connectivity index (χ0n) is 13.9. The minimum Gasteiger partial charge on any atom is -0.383 e. The van der Waals surface area contributed by atoms with Crippen LogP contribution < -0.4 is 0 Å². The molecule has 2 fully saturated rings. The number of ether oxygens (including phenoxy) is 1. The molecule has 0 spiro atoms. The Morgan fingerprint density at radius 2 is 1.87 bits per heavy atom. The molecule has 132 valence electrons. The summed E-state index contributed by atoms with van der Waals surface area (Å²) < 4.78 is 28.4. The van der Waals surface area contributed by atoms with Crippen LogP contribution in [-0.2, 0) is 24.2 Å². The molecule has 1 atom stereocenters. The van der Waals surface area contributed by atoms with Gasteiger partial charge in [0.25, 0.3) is 0 Å². The molecule has 0 aliphatic carbocycles. The van der Waals surface area contributed by atoms with E-state index in [0.29, 0.717) is 25.4 Å². The molecule has 2 heterocycles. The molecule has 0 saturated carbocycles. The van der Waals surface area contributed by atoms with Crippen molar-refractivity contribution in [3.8, 4) is 0 Å². The molecular weight excluding hydrogens is 320 g/mol. The molecular formula is C15H26N2O5S. The first-order valence-electron chi connectivity index (χ1n) is 8.13. The second-order valence-electron chi connectivity index (χ2n) is 6.52. The molecule has 2 aliphatic heterocycles. The van der Waals surface area contributed by atoms with E-state index in [9.17, 15) is 18.0 Å². The Morgan fingerprint density at radius 1 is 1.22 bits per heavy atom. The highest BCUT2D eigenvalue weighted by Crippen LogP contribution is 2.20. The van der Waals surface area contributed by atoms with E-state index in [-0.39, 0.29) is 24.7 Å². The Kier molecular flexibility index (Phi) is 6.02. The quantitative estimate of drug-likeness (QED) is 0.664. The summed E-state index contributed by atoms with van der Waals surface area (Å²) in [7, 11) is -1.60. The van der Waals surface area contributed by atoms with Gasteiger partial charge in [-0.25, -0.2) is 8.42 Å². The molecule has 1 unspecified atom stereocenters. The maximum absolute atomic E-state index is 12.6. The molecule has 2 aliphatic rings. The van der Waals surface area contributed by atoms with E-state index in [1.54, 1.807) is 4.90 Å². The molecule has 8 heteroatoms. The molecule has 0 N–H and O–H groups in total. The molecule has 7 nitrogen and oxygen atoms in total. The van der Waals surface area contributed by atoms with Crippen LogP contribution in [0.3, 0.4) is 0 Å². The van der Waals surface area contributed by atoms with E-state index in [1.165, 1.54) is 12.0 Å². The number of carbonyl (C=O) groups excluding carboxylic acids is 2. The number of methoxy groups -OCH3 is 1. The predicted molar refractivity (Wildman–Crippen MR) is 85.6 cm³/mol. The van der Waals surface area contributed by atoms with Gasteiger partial charge in [0, 0.05) is 32.8 Å². The Hall–Kier alpha value is -1.15. The Morgan fingerprint density at radius 3 is 2.39 bits per heavy atom. The molecule has 2 rings (SSSR count). The summed E-state index contributed by atoms with van der Waals surface area (Å²) in [4.78, 5) is 28.1. The fourth-order valence-corrected chi connectivity index (χ4v) is 4.86. The Balaban J connectivity index is 2.05. The maximum atomic E-state index is 12.6. The van der Waals surface area contributed by atoms with Gasteiger partial charge in [0.1, 0.15) is 0 Å². The number of piperidine rings is 1. The van der Waals surface area contributed by atoms with Gasteiger partial charge in [0.15, 0.2) is 9.84 Å². The zero-order valence-corrected chi connectivity index (χ0v) is 14.7. The van der Waals surface area contributed by atoms with Crippen molar-refractivity contribution in [2.75, 3.05) is 44.9 Å². The molecule has 2 saturated heterocycles. The Labute approximate surface area is 137 Å². The van der Waals surface area contributed by atoms with Crippen LogP contribution in [0.1, 0.15) is 26.2 Å². The molecule has 0 aromatic rings. The van der Waals surface area contributed by atoms with Crippen LogP contribution >= 0.6 is 0 Å². The summed E-state index contributed by atoms with van der Waals surface area (Å²) in [6.45, 7) is 3.84. The first-order chi connectivity index (χ1) is 10.8. The maximum Gasteiger partial charge on any atom is 0.312 e. The molecule has 0 aromatic carbocycles. The van der Waals surface area contributed by atoms with Gasteiger partial charge in [-0.2, -0.15) is 0 Å². The van der Waals surface area contributed by atoms with Crippen molar-refractivity contribution < 1.29 is 22.7 Å². The van der Waals surface area contributed by atoms with Crippen LogP contribution in [0, 0.1) is 5.92 Å². The molecule has 23 heavy (non-hydrogen) atoms. The minimum atomic E-state index is -3.12. The van der Waals surface area contributed by atoms with Gasteiger partial charge >= 0.3 is 11.8 Å². The number of likely N-dealkylation sites (tertiary alicyclic amines) is 1. The van der Waals surface area contributed by atoms with Gasteiger partial charge in [-0.15, -0.1) is 0 Å². The molecule has 0 radical (unpaired) electrons. The van der Waals surface area contributed by atoms with Crippen molar-refractivity contribution in [3.05, 3.63) is 0 Å². The van der Waals surface area contributed by atoms with Crippen molar-refractivity contribution >= 4 is 21.7 Å². The zero-order chi connectivity index (χ0) is 17.0. The van der Waals surface area contributed by atoms with E-state index < -0.39 is 27.7 Å². The lowest BCUT2D eigenvalue weighted by atomic mass is 9.99. The predicted octanol–water partition coefficient (Wildman–Crippen LogP) is -0.0930. The van der Waals surface area contributed by atoms with Crippen molar-refractivity contribution in [1.82, 2.24) is 9.80 Å². The lowest BCUT2D eigenvalue weighted by molar-refractivity contribution is -0.154. The van der Waals surface area contributed by atoms with Crippen LogP contribution in [0.25, 0.3) is 0 Å². The van der Waals surface area contributed by atoms with Gasteiger partial charge in [0.05, 0.1) is 18.1 Å². The van der Waals surface area contributed by atoms with Crippen molar-refractivity contribution in [3.63, 3.8) is 0 Å². The van der Waals surface area contributed by atoms with Gasteiger partial charge in [-0.1, -0.05) is 6.92 Å². The number of hydrogen-bond donors (Lipinski definition) is 0. The molecule has 0 aromatic heterocycles. The fraction of sp³-hybridized carbons (Fsp3) is 0.867. The van der Waals surface area contributed by atoms with Crippen molar-refractivity contribution in [2.45, 2.75) is 32.2 Å². The van der Waals surface area contributed by atoms with E-state index in [4.69, 9.17) is 4.74 Å². The SMILES string of the molecule is COCCN(C(=O)C(=O)N1CCC(C)CC1)C1CCS(=O)(=O)C1. The monoisotopic (exact) mass is 346 g/mol. The van der Waals surface area contributed by atoms with Crippen LogP contribution in [0.4, 0.5) is 0 Å². The van der Waals surface area contributed by atoms with Crippen LogP contribution in [0.5, 0.6) is 0 Å². The summed E-state index contributed by atoms with van der Waals surface area (Å²) >= 11 is 0. The smallest absolute Gasteiger partial charge is 0.312 e. The topological polar surface area (TPSA) is 84.0 Å². The number of hydrogen-bond acceptors (Lipinski definition) is 5. The minimum absolute atomic E-state index is 0.0627. The third-order valence-electron chi connectivity index (χ3n) is 4.70. The lowest BCUT2D eigenvalue weighted by Crippen LogP contribution is -2.52. The second-order valence-corrected chi connectivity index (χ2v) is 8.75. The first kappa shape index (κ1) is 18.2. The van der Waals surface area contributed by atoms with Gasteiger partial charge in [0.2, 0.25) is 0 Å². The van der Waals surface area contributed by atoms with Gasteiger partial charge in [-0.05, 0) is 25.2 Å². The number of carbonyl (C=O) groups is 2. The fourth-order valence-electron chi connectivity index (χ4n) is 3.13. The largest absolute Gasteiger partial charge is 0.383 e. The highest BCUT2D eigenvalue weighted by molar-refractivity contribution is 7.91. The summed E-state index contributed by atoms with van der Waals surface area (Å²) in [6.07, 6.45) is 2.19. The normalized spacial score (nSPS) is 24.6. The Bertz CT molecular complexity index is 540. The van der Waals surface area contributed by atoms with Gasteiger partial charge < -0.3 is 14.5 Å². The van der Waals surface area contributed by atoms with E-state index in [0.717, 1.165) is 12.8 Å². The number of rotatable bonds is 4. The van der Waals surface area contributed by atoms with E-state index in [1.807, 2.05) is 0 Å². The van der Waals surface area contributed by atoms with Gasteiger partial charge in [-0.3, -0.25) is 9.59 Å². The standard InChI is InChI=1S/C15H26N2O5S/c1-12-3-6-16(7-4-12)14(18)15(19)17(8-9-22-2)13-5-10-23(20,21)11-13/h12-13H,3-11H2,1-2H3. The average Bonchev–Trinajstić information content (AvgIpc) is 2.87. The number of sulfone groups is 1. The number of amides is 2. The van der Waals surface area contributed by atoms with Crippen LogP contribution in [0.15, 0.2) is 0 Å². The molecule has 2 amide bonds. The van der Waals surface area contributed by atoms with Crippen LogP contribution in [-0.4, -0.2) is 80.9 Å². The third-order valence-corrected chi connectivity index (χ3v) is 6.45. The highest BCUT2D eigenvalue weighted by Gasteiger charge is 2.38. The third kappa shape index (κ3) is 4.67. The average molecular weight is 346 g/mol. The lowest BCUT2D eigenvalue weighted by Gasteiger charge is -2.33. The summed E-state index contributed by atoms with van der Waals surface area (Å²) in [5.74, 6) is -0.536. The highest BCUT2D eigenvalue weighted by atomic mass is 32.2. The van der Waals surface area contributed by atoms with Crippen molar-refractivity contribution in [2.24, 2.45) is 5.92 Å². The van der Waals surface area contributed by atoms with Crippen molar-refractivity contribution in [1.29, 1.82) is 0 Å². The van der Waals surface area contributed by atoms with E-state index in [2.05, 4.69) is 6.92 Å². The number of nitrogens with zero attached hydrogens (tertiary/aromatic N) is 2. The first-order valence-corrected chi connectivity index (χ1v) is 9.95. The van der Waals surface area contributed by atoms with E-state index >= 15 is 0 Å². The van der Waals surface area contributed by atoms with Crippen LogP contribution in [0.2, 0.25) is 0 Å². The second kappa shape index (κ2) is 7.61.